The molecule has 1 unspecified atom stereocenters. The second-order valence-electron chi connectivity index (χ2n) is 2.75. The van der Waals surface area contributed by atoms with E-state index in [2.05, 4.69) is 10.2 Å². The van der Waals surface area contributed by atoms with E-state index < -0.39 is 0 Å². The summed E-state index contributed by atoms with van der Waals surface area (Å²) in [5.41, 5.74) is 0. The topological polar surface area (TPSA) is 48.2 Å². The number of nitrogens with zero attached hydrogens (tertiary/aromatic N) is 2. The van der Waals surface area contributed by atoms with Gasteiger partial charge in [0, 0.05) is 6.61 Å². The average molecular weight is 189 g/mol. The Bertz CT molecular complexity index is 258. The first-order valence-electron chi connectivity index (χ1n) is 3.97. The zero-order chi connectivity index (χ0) is 8.39. The summed E-state index contributed by atoms with van der Waals surface area (Å²) < 4.78 is 10.5. The van der Waals surface area contributed by atoms with Gasteiger partial charge >= 0.3 is 5.35 Å². The van der Waals surface area contributed by atoms with Crippen LogP contribution >= 0.6 is 11.6 Å². The van der Waals surface area contributed by atoms with Crippen LogP contribution in [-0.4, -0.2) is 16.8 Å². The van der Waals surface area contributed by atoms with Crippen molar-refractivity contribution >= 4 is 11.6 Å². The van der Waals surface area contributed by atoms with Gasteiger partial charge in [0.15, 0.2) is 0 Å². The molecule has 4 nitrogen and oxygen atoms in total. The maximum absolute atomic E-state index is 5.48. The quantitative estimate of drug-likeness (QED) is 0.676. The fraction of sp³-hybridized carbons (Fsp3) is 0.714. The summed E-state index contributed by atoms with van der Waals surface area (Å²) in [7, 11) is 0. The minimum atomic E-state index is -0.0428. The number of rotatable bonds is 1. The second-order valence-corrected chi connectivity index (χ2v) is 3.07. The molecule has 2 heterocycles. The van der Waals surface area contributed by atoms with Gasteiger partial charge in [0.1, 0.15) is 6.10 Å². The van der Waals surface area contributed by atoms with Gasteiger partial charge in [-0.1, -0.05) is 5.10 Å². The number of halogens is 1. The Kier molecular flexibility index (Phi) is 2.28. The highest BCUT2D eigenvalue weighted by Gasteiger charge is 2.21. The van der Waals surface area contributed by atoms with E-state index in [-0.39, 0.29) is 11.5 Å². The molecule has 1 aliphatic rings. The zero-order valence-corrected chi connectivity index (χ0v) is 7.25. The summed E-state index contributed by atoms with van der Waals surface area (Å²) in [6, 6.07) is 0. The highest BCUT2D eigenvalue weighted by molar-refractivity contribution is 6.27. The fourth-order valence-corrected chi connectivity index (χ4v) is 1.40. The SMILES string of the molecule is Clc1nnc(C2CCCCO2)o1. The molecule has 0 radical (unpaired) electrons. The van der Waals surface area contributed by atoms with Gasteiger partial charge in [-0.25, -0.2) is 0 Å². The predicted molar refractivity (Wildman–Crippen MR) is 41.9 cm³/mol. The van der Waals surface area contributed by atoms with E-state index in [1.54, 1.807) is 0 Å². The molecule has 1 saturated heterocycles. The van der Waals surface area contributed by atoms with Crippen LogP contribution in [0.4, 0.5) is 0 Å². The lowest BCUT2D eigenvalue weighted by Gasteiger charge is -2.18. The first-order valence-corrected chi connectivity index (χ1v) is 4.34. The molecule has 1 aromatic heterocycles. The molecule has 0 spiro atoms. The van der Waals surface area contributed by atoms with E-state index in [1.807, 2.05) is 0 Å². The molecule has 2 rings (SSSR count). The van der Waals surface area contributed by atoms with Gasteiger partial charge in [-0.05, 0) is 30.9 Å². The Balaban J connectivity index is 2.08. The van der Waals surface area contributed by atoms with Gasteiger partial charge in [-0.2, -0.15) is 0 Å². The predicted octanol–water partition coefficient (Wildman–Crippen LogP) is 1.96. The van der Waals surface area contributed by atoms with E-state index in [1.165, 1.54) is 0 Å². The van der Waals surface area contributed by atoms with Crippen LogP contribution in [-0.2, 0) is 4.74 Å². The summed E-state index contributed by atoms with van der Waals surface area (Å²) in [4.78, 5) is 0. The van der Waals surface area contributed by atoms with Gasteiger partial charge in [0.2, 0.25) is 5.89 Å². The van der Waals surface area contributed by atoms with Crippen LogP contribution in [0.3, 0.4) is 0 Å². The number of aromatic nitrogens is 2. The van der Waals surface area contributed by atoms with Crippen LogP contribution < -0.4 is 0 Å². The second kappa shape index (κ2) is 3.41. The summed E-state index contributed by atoms with van der Waals surface area (Å²) in [6.45, 7) is 0.769. The summed E-state index contributed by atoms with van der Waals surface area (Å²) >= 11 is 5.48. The first-order chi connectivity index (χ1) is 5.86. The van der Waals surface area contributed by atoms with Crippen LogP contribution in [0.15, 0.2) is 4.42 Å². The lowest BCUT2D eigenvalue weighted by Crippen LogP contribution is -2.11. The Hall–Kier alpha value is -0.610. The van der Waals surface area contributed by atoms with E-state index in [0.29, 0.717) is 5.89 Å². The van der Waals surface area contributed by atoms with E-state index >= 15 is 0 Å². The molecule has 0 aromatic carbocycles. The molecule has 1 fully saturated rings. The Labute approximate surface area is 74.9 Å². The van der Waals surface area contributed by atoms with Gasteiger partial charge in [0.05, 0.1) is 0 Å². The molecule has 1 atom stereocenters. The zero-order valence-electron chi connectivity index (χ0n) is 6.49. The standard InChI is InChI=1S/C7H9ClN2O2/c8-7-10-9-6(12-7)5-3-1-2-4-11-5/h5H,1-4H2. The van der Waals surface area contributed by atoms with Gasteiger partial charge < -0.3 is 9.15 Å². The van der Waals surface area contributed by atoms with Gasteiger partial charge in [-0.15, -0.1) is 5.10 Å². The third kappa shape index (κ3) is 1.59. The monoisotopic (exact) mass is 188 g/mol. The van der Waals surface area contributed by atoms with Crippen molar-refractivity contribution in [3.05, 3.63) is 11.2 Å². The molecule has 1 aliphatic heterocycles. The third-order valence-electron chi connectivity index (χ3n) is 1.87. The molecular weight excluding hydrogens is 180 g/mol. The molecule has 12 heavy (non-hydrogen) atoms. The molecule has 5 heteroatoms. The molecule has 0 N–H and O–H groups in total. The van der Waals surface area contributed by atoms with E-state index in [0.717, 1.165) is 25.9 Å². The Morgan fingerprint density at radius 3 is 2.83 bits per heavy atom. The average Bonchev–Trinajstić information content (AvgIpc) is 2.54. The largest absolute Gasteiger partial charge is 0.409 e. The lowest BCUT2D eigenvalue weighted by molar-refractivity contribution is -0.00152. The van der Waals surface area contributed by atoms with E-state index in [4.69, 9.17) is 20.8 Å². The van der Waals surface area contributed by atoms with E-state index in [9.17, 15) is 0 Å². The van der Waals surface area contributed by atoms with Gasteiger partial charge in [-0.3, -0.25) is 0 Å². The summed E-state index contributed by atoms with van der Waals surface area (Å²) in [5, 5.41) is 7.41. The summed E-state index contributed by atoms with van der Waals surface area (Å²) in [6.07, 6.45) is 3.15. The van der Waals surface area contributed by atoms with Crippen molar-refractivity contribution in [2.45, 2.75) is 25.4 Å². The number of ether oxygens (including phenoxy) is 1. The maximum atomic E-state index is 5.48. The van der Waals surface area contributed by atoms with Crippen molar-refractivity contribution in [1.29, 1.82) is 0 Å². The molecule has 0 aliphatic carbocycles. The smallest absolute Gasteiger partial charge is 0.312 e. The van der Waals surface area contributed by atoms with Crippen molar-refractivity contribution in [1.82, 2.24) is 10.2 Å². The summed E-state index contributed by atoms with van der Waals surface area (Å²) in [5.74, 6) is 0.500. The molecular formula is C7H9ClN2O2. The molecule has 0 saturated carbocycles. The maximum Gasteiger partial charge on any atom is 0.312 e. The molecule has 66 valence electrons. The van der Waals surface area contributed by atoms with Crippen molar-refractivity contribution in [3.63, 3.8) is 0 Å². The minimum Gasteiger partial charge on any atom is -0.409 e. The van der Waals surface area contributed by atoms with Crippen LogP contribution in [0, 0.1) is 0 Å². The van der Waals surface area contributed by atoms with Crippen molar-refractivity contribution in [2.24, 2.45) is 0 Å². The van der Waals surface area contributed by atoms with Crippen LogP contribution in [0.5, 0.6) is 0 Å². The van der Waals surface area contributed by atoms with Crippen LogP contribution in [0.25, 0.3) is 0 Å². The number of hydrogen-bond acceptors (Lipinski definition) is 4. The fourth-order valence-electron chi connectivity index (χ4n) is 1.28. The van der Waals surface area contributed by atoms with Crippen molar-refractivity contribution in [2.75, 3.05) is 6.61 Å². The van der Waals surface area contributed by atoms with Crippen LogP contribution in [0.2, 0.25) is 5.35 Å². The first kappa shape index (κ1) is 8.01. The normalized spacial score (nSPS) is 24.2. The third-order valence-corrected chi connectivity index (χ3v) is 2.02. The molecule has 0 amide bonds. The van der Waals surface area contributed by atoms with Crippen molar-refractivity contribution < 1.29 is 9.15 Å². The molecule has 0 bridgehead atoms. The Morgan fingerprint density at radius 1 is 1.33 bits per heavy atom. The number of hydrogen-bond donors (Lipinski definition) is 0. The van der Waals surface area contributed by atoms with Crippen molar-refractivity contribution in [3.8, 4) is 0 Å². The molecule has 1 aromatic rings. The lowest BCUT2D eigenvalue weighted by atomic mass is 10.1. The highest BCUT2D eigenvalue weighted by atomic mass is 35.5. The minimum absolute atomic E-state index is 0.0428. The van der Waals surface area contributed by atoms with Crippen LogP contribution in [0.1, 0.15) is 31.3 Å². The van der Waals surface area contributed by atoms with Gasteiger partial charge in [0.25, 0.3) is 0 Å². The highest BCUT2D eigenvalue weighted by Crippen LogP contribution is 2.27. The Morgan fingerprint density at radius 2 is 2.25 bits per heavy atom.